The van der Waals surface area contributed by atoms with Crippen molar-refractivity contribution in [1.29, 1.82) is 5.41 Å². The molecule has 1 saturated carbocycles. The minimum absolute atomic E-state index is 0.0541. The molecule has 0 spiro atoms. The lowest BCUT2D eigenvalue weighted by Crippen LogP contribution is -2.45. The first-order valence-corrected chi connectivity index (χ1v) is 11.4. The Morgan fingerprint density at radius 1 is 1.27 bits per heavy atom. The van der Waals surface area contributed by atoms with Crippen molar-refractivity contribution in [2.45, 2.75) is 64.0 Å². The molecule has 2 aliphatic carbocycles. The third-order valence-electron chi connectivity index (χ3n) is 6.25. The summed E-state index contributed by atoms with van der Waals surface area (Å²) in [4.78, 5) is 14.9. The zero-order chi connectivity index (χ0) is 24.3. The summed E-state index contributed by atoms with van der Waals surface area (Å²) in [5, 5.41) is 35.4. The predicted molar refractivity (Wildman–Crippen MR) is 127 cm³/mol. The number of amides is 1. The molecular weight excluding hydrogens is 418 g/mol. The van der Waals surface area contributed by atoms with Gasteiger partial charge in [-0.15, -0.1) is 0 Å². The molecule has 5 N–H and O–H groups in total. The maximum absolute atomic E-state index is 13.0. The largest absolute Gasteiger partial charge is 0.390 e. The smallest absolute Gasteiger partial charge is 0.325 e. The molecule has 0 bridgehead atoms. The zero-order valence-electron chi connectivity index (χ0n) is 20.1. The van der Waals surface area contributed by atoms with E-state index in [2.05, 4.69) is 10.6 Å². The molecule has 8 heteroatoms. The van der Waals surface area contributed by atoms with E-state index in [0.29, 0.717) is 28.4 Å². The van der Waals surface area contributed by atoms with Gasteiger partial charge in [0.15, 0.2) is 0 Å². The molecule has 0 atom stereocenters. The van der Waals surface area contributed by atoms with Crippen LogP contribution in [-0.2, 0) is 0 Å². The van der Waals surface area contributed by atoms with Gasteiger partial charge < -0.3 is 26.0 Å². The first-order valence-electron chi connectivity index (χ1n) is 11.4. The van der Waals surface area contributed by atoms with Gasteiger partial charge in [-0.05, 0) is 50.8 Å². The highest BCUT2D eigenvalue weighted by atomic mass is 16.5. The van der Waals surface area contributed by atoms with Gasteiger partial charge in [-0.25, -0.2) is 0 Å². The number of hydrogen-bond donors (Lipinski definition) is 5. The molecule has 1 amide bonds. The Kier molecular flexibility index (Phi) is 7.27. The lowest BCUT2D eigenvalue weighted by atomic mass is 9.84. The van der Waals surface area contributed by atoms with Crippen molar-refractivity contribution in [1.82, 2.24) is 15.5 Å². The second-order valence-electron chi connectivity index (χ2n) is 9.69. The molecule has 1 aromatic heterocycles. The maximum atomic E-state index is 13.0. The normalized spacial score (nSPS) is 24.4. The Morgan fingerprint density at radius 2 is 1.94 bits per heavy atom. The Bertz CT molecular complexity index is 1010. The fourth-order valence-corrected chi connectivity index (χ4v) is 4.12. The number of likely N-dealkylation sites (N-methyl/N-ethyl adjacent to an activating group) is 1. The predicted octanol–water partition coefficient (Wildman–Crippen LogP) is 2.59. The standard InChI is InChI=1S/C25H35N5O3/c1-16(2)21-7-6-8-22(30(21)33)24(31)28-20-13-17(19(26)14-23(20)29(4)5)15-27-18-9-11-25(3,32)12-10-18/h6-8,13-16,18,26,31-33H,9-12H2,1-5H3/p+1/t18-,25-. The Hall–Kier alpha value is -3.13. The maximum Gasteiger partial charge on any atom is 0.325 e. The summed E-state index contributed by atoms with van der Waals surface area (Å²) in [6, 6.07) is 5.34. The lowest BCUT2D eigenvalue weighted by Gasteiger charge is -2.33. The van der Waals surface area contributed by atoms with E-state index >= 15 is 0 Å². The third kappa shape index (κ3) is 5.82. The number of nitrogens with one attached hydrogen (secondary N) is 3. The van der Waals surface area contributed by atoms with Crippen LogP contribution in [0.5, 0.6) is 0 Å². The Balaban J connectivity index is 1.82. The van der Waals surface area contributed by atoms with Crippen molar-refractivity contribution in [2.24, 2.45) is 0 Å². The van der Waals surface area contributed by atoms with Crippen LogP contribution in [0.25, 0.3) is 0 Å². The van der Waals surface area contributed by atoms with E-state index in [9.17, 15) is 15.1 Å². The summed E-state index contributed by atoms with van der Waals surface area (Å²) in [5.74, 6) is -0.382. The van der Waals surface area contributed by atoms with Crippen LogP contribution < -0.4 is 15.4 Å². The van der Waals surface area contributed by atoms with Gasteiger partial charge in [0.25, 0.3) is 0 Å². The van der Waals surface area contributed by atoms with Crippen LogP contribution in [0.2, 0.25) is 0 Å². The highest BCUT2D eigenvalue weighted by Crippen LogP contribution is 2.28. The van der Waals surface area contributed by atoms with Crippen LogP contribution in [0.1, 0.15) is 68.6 Å². The van der Waals surface area contributed by atoms with Gasteiger partial charge in [0.05, 0.1) is 22.7 Å². The number of pyridine rings is 1. The van der Waals surface area contributed by atoms with E-state index in [0.717, 1.165) is 30.4 Å². The third-order valence-corrected chi connectivity index (χ3v) is 6.25. The van der Waals surface area contributed by atoms with Crippen LogP contribution >= 0.6 is 0 Å². The molecule has 0 unspecified atom stereocenters. The van der Waals surface area contributed by atoms with Crippen LogP contribution in [-0.4, -0.2) is 52.6 Å². The Morgan fingerprint density at radius 3 is 2.55 bits per heavy atom. The molecule has 0 radical (unpaired) electrons. The van der Waals surface area contributed by atoms with Crippen molar-refractivity contribution in [3.63, 3.8) is 0 Å². The summed E-state index contributed by atoms with van der Waals surface area (Å²) >= 11 is 0. The minimum Gasteiger partial charge on any atom is -0.390 e. The van der Waals surface area contributed by atoms with Gasteiger partial charge in [0.1, 0.15) is 0 Å². The molecule has 1 aromatic rings. The lowest BCUT2D eigenvalue weighted by molar-refractivity contribution is -0.911. The van der Waals surface area contributed by atoms with E-state index in [1.54, 1.807) is 30.4 Å². The molecule has 1 fully saturated rings. The molecule has 33 heavy (non-hydrogen) atoms. The van der Waals surface area contributed by atoms with Crippen molar-refractivity contribution < 1.29 is 19.8 Å². The van der Waals surface area contributed by atoms with Gasteiger partial charge in [-0.2, -0.15) is 0 Å². The number of aliphatic hydroxyl groups is 1. The Labute approximate surface area is 195 Å². The highest BCUT2D eigenvalue weighted by molar-refractivity contribution is 6.10. The van der Waals surface area contributed by atoms with E-state index in [1.165, 1.54) is 0 Å². The van der Waals surface area contributed by atoms with Gasteiger partial charge in [0.2, 0.25) is 5.69 Å². The summed E-state index contributed by atoms with van der Waals surface area (Å²) < 4.78 is 0.931. The fraction of sp³-hybridized carbons (Fsp3) is 0.480. The highest BCUT2D eigenvalue weighted by Gasteiger charge is 2.29. The topological polar surface area (TPSA) is 113 Å². The van der Waals surface area contributed by atoms with Crippen molar-refractivity contribution in [3.8, 4) is 0 Å². The van der Waals surface area contributed by atoms with Gasteiger partial charge >= 0.3 is 11.6 Å². The van der Waals surface area contributed by atoms with Crippen molar-refractivity contribution in [3.05, 3.63) is 64.9 Å². The molecule has 0 aliphatic heterocycles. The van der Waals surface area contributed by atoms with Gasteiger partial charge in [-0.3, -0.25) is 10.0 Å². The first kappa shape index (κ1) is 24.5. The monoisotopic (exact) mass is 454 g/mol. The number of carbonyl (C=O) groups is 1. The van der Waals surface area contributed by atoms with Crippen LogP contribution in [0, 0.1) is 5.41 Å². The van der Waals surface area contributed by atoms with Crippen molar-refractivity contribution >= 4 is 11.6 Å². The molecule has 0 saturated heterocycles. The minimum atomic E-state index is -0.597. The summed E-state index contributed by atoms with van der Waals surface area (Å²) in [5.41, 5.74) is 2.42. The molecule has 8 nitrogen and oxygen atoms in total. The SMILES string of the molecule is CC(C)c1cccc(C(=O)NC2=C/C(=C/N[C@H]3CC[C@](C)(O)CC3)C(=N)C=C2N(C)C)[n+]1O. The number of allylic oxidation sites excluding steroid dienone is 3. The quantitative estimate of drug-likeness (QED) is 0.335. The summed E-state index contributed by atoms with van der Waals surface area (Å²) in [6.07, 6.45) is 8.50. The zero-order valence-corrected chi connectivity index (χ0v) is 20.1. The molecule has 178 valence electrons. The van der Waals surface area contributed by atoms with Crippen molar-refractivity contribution in [2.75, 3.05) is 14.1 Å². The van der Waals surface area contributed by atoms with E-state index in [1.807, 2.05) is 46.0 Å². The summed E-state index contributed by atoms with van der Waals surface area (Å²) in [6.45, 7) is 5.77. The van der Waals surface area contributed by atoms with Crippen LogP contribution in [0.15, 0.2) is 53.5 Å². The summed E-state index contributed by atoms with van der Waals surface area (Å²) in [7, 11) is 3.71. The average molecular weight is 455 g/mol. The number of carbonyl (C=O) groups excluding carboxylic acids is 1. The van der Waals surface area contributed by atoms with Crippen LogP contribution in [0.4, 0.5) is 0 Å². The van der Waals surface area contributed by atoms with E-state index in [4.69, 9.17) is 5.41 Å². The second kappa shape index (κ2) is 9.79. The van der Waals surface area contributed by atoms with Gasteiger partial charge in [-0.1, -0.05) is 13.8 Å². The number of aromatic nitrogens is 1. The number of nitrogens with zero attached hydrogens (tertiary/aromatic N) is 2. The van der Waals surface area contributed by atoms with E-state index in [-0.39, 0.29) is 17.7 Å². The fourth-order valence-electron chi connectivity index (χ4n) is 4.12. The van der Waals surface area contributed by atoms with E-state index < -0.39 is 11.5 Å². The van der Waals surface area contributed by atoms with Gasteiger partial charge in [0, 0.05) is 54.7 Å². The molecule has 3 rings (SSSR count). The molecule has 2 aliphatic rings. The second-order valence-corrected chi connectivity index (χ2v) is 9.69. The average Bonchev–Trinajstić information content (AvgIpc) is 2.74. The molecule has 0 aromatic carbocycles. The number of rotatable bonds is 6. The number of hydrogen-bond acceptors (Lipinski definition) is 6. The van der Waals surface area contributed by atoms with Crippen LogP contribution in [0.3, 0.4) is 0 Å². The molecule has 1 heterocycles. The first-order chi connectivity index (χ1) is 15.5. The molecular formula is C25H36N5O3+.